The van der Waals surface area contributed by atoms with E-state index in [2.05, 4.69) is 20.2 Å². The number of nitrogens with one attached hydrogen (secondary N) is 1. The summed E-state index contributed by atoms with van der Waals surface area (Å²) in [5, 5.41) is 13.1. The average molecular weight is 220 g/mol. The third kappa shape index (κ3) is 1.66. The normalized spacial score (nSPS) is 24.6. The maximum Gasteiger partial charge on any atom is 0.225 e. The molecule has 1 fully saturated rings. The number of anilines is 1. The predicted octanol–water partition coefficient (Wildman–Crippen LogP) is -0.134. The van der Waals surface area contributed by atoms with Crippen LogP contribution in [0.3, 0.4) is 0 Å². The highest BCUT2D eigenvalue weighted by atomic mass is 16.3. The Morgan fingerprint density at radius 2 is 2.19 bits per heavy atom. The molecule has 86 valence electrons. The number of piperazine rings is 1. The number of aromatic nitrogens is 2. The number of nitrogens with zero attached hydrogens (tertiary/aromatic N) is 3. The van der Waals surface area contributed by atoms with Crippen LogP contribution >= 0.6 is 0 Å². The number of aliphatic hydroxyl groups excluding tert-OH is 1. The van der Waals surface area contributed by atoms with E-state index >= 15 is 0 Å². The van der Waals surface area contributed by atoms with Crippen LogP contribution in [0.15, 0.2) is 6.20 Å². The quantitative estimate of drug-likeness (QED) is 0.690. The van der Waals surface area contributed by atoms with E-state index in [9.17, 15) is 5.11 Å². The maximum absolute atomic E-state index is 9.78. The van der Waals surface area contributed by atoms with Crippen LogP contribution < -0.4 is 10.2 Å². The van der Waals surface area contributed by atoms with E-state index in [1.165, 1.54) is 0 Å². The summed E-state index contributed by atoms with van der Waals surface area (Å²) in [5.41, 5.74) is 1.94. The highest BCUT2D eigenvalue weighted by Crippen LogP contribution is 2.29. The molecule has 2 aliphatic rings. The van der Waals surface area contributed by atoms with Gasteiger partial charge in [0.15, 0.2) is 0 Å². The fraction of sp³-hybridized carbons (Fsp3) is 0.636. The van der Waals surface area contributed by atoms with Gasteiger partial charge in [-0.05, 0) is 18.4 Å². The molecule has 3 rings (SSSR count). The Kier molecular flexibility index (Phi) is 2.49. The zero-order valence-corrected chi connectivity index (χ0v) is 9.19. The zero-order valence-electron chi connectivity index (χ0n) is 9.19. The van der Waals surface area contributed by atoms with Gasteiger partial charge in [0.25, 0.3) is 0 Å². The molecule has 5 heteroatoms. The molecule has 1 aliphatic heterocycles. The second-order valence-corrected chi connectivity index (χ2v) is 4.37. The lowest BCUT2D eigenvalue weighted by molar-refractivity contribution is 0.176. The Morgan fingerprint density at radius 1 is 1.38 bits per heavy atom. The lowest BCUT2D eigenvalue weighted by Crippen LogP contribution is -2.44. The maximum atomic E-state index is 9.78. The molecule has 5 nitrogen and oxygen atoms in total. The van der Waals surface area contributed by atoms with Gasteiger partial charge in [-0.25, -0.2) is 9.97 Å². The van der Waals surface area contributed by atoms with Gasteiger partial charge in [0, 0.05) is 32.4 Å². The lowest BCUT2D eigenvalue weighted by atomic mass is 10.2. The first-order valence-electron chi connectivity index (χ1n) is 5.84. The Balaban J connectivity index is 1.88. The van der Waals surface area contributed by atoms with Gasteiger partial charge < -0.3 is 15.3 Å². The first-order valence-corrected chi connectivity index (χ1v) is 5.84. The molecule has 1 aromatic rings. The van der Waals surface area contributed by atoms with Gasteiger partial charge in [0.05, 0.1) is 11.8 Å². The summed E-state index contributed by atoms with van der Waals surface area (Å²) >= 11 is 0. The predicted molar refractivity (Wildman–Crippen MR) is 60.4 cm³/mol. The van der Waals surface area contributed by atoms with Crippen molar-refractivity contribution in [3.63, 3.8) is 0 Å². The topological polar surface area (TPSA) is 61.3 Å². The molecule has 0 bridgehead atoms. The molecular formula is C11H16N4O. The van der Waals surface area contributed by atoms with E-state index in [0.29, 0.717) is 0 Å². The summed E-state index contributed by atoms with van der Waals surface area (Å²) in [5.74, 6) is 0.765. The van der Waals surface area contributed by atoms with Crippen LogP contribution in [0.4, 0.5) is 5.95 Å². The van der Waals surface area contributed by atoms with Gasteiger partial charge in [-0.2, -0.15) is 0 Å². The highest BCUT2D eigenvalue weighted by Gasteiger charge is 2.24. The SMILES string of the molecule is OC1CCc2cnc(N3CCNCC3)nc21. The van der Waals surface area contributed by atoms with E-state index in [-0.39, 0.29) is 6.10 Å². The van der Waals surface area contributed by atoms with Gasteiger partial charge in [-0.3, -0.25) is 0 Å². The number of hydrogen-bond acceptors (Lipinski definition) is 5. The second-order valence-electron chi connectivity index (χ2n) is 4.37. The van der Waals surface area contributed by atoms with E-state index < -0.39 is 0 Å². The van der Waals surface area contributed by atoms with Crippen molar-refractivity contribution in [2.24, 2.45) is 0 Å². The van der Waals surface area contributed by atoms with Gasteiger partial charge >= 0.3 is 0 Å². The Bertz CT molecular complexity index is 390. The highest BCUT2D eigenvalue weighted by molar-refractivity contribution is 5.36. The summed E-state index contributed by atoms with van der Waals surface area (Å²) in [6, 6.07) is 0. The molecule has 0 spiro atoms. The van der Waals surface area contributed by atoms with Crippen molar-refractivity contribution in [3.8, 4) is 0 Å². The molecule has 1 aliphatic carbocycles. The van der Waals surface area contributed by atoms with Gasteiger partial charge in [0.1, 0.15) is 0 Å². The third-order valence-corrected chi connectivity index (χ3v) is 3.29. The molecule has 0 amide bonds. The van der Waals surface area contributed by atoms with E-state index in [1.807, 2.05) is 6.20 Å². The summed E-state index contributed by atoms with van der Waals surface area (Å²) in [7, 11) is 0. The van der Waals surface area contributed by atoms with Crippen molar-refractivity contribution in [2.45, 2.75) is 18.9 Å². The molecule has 2 N–H and O–H groups in total. The Hall–Kier alpha value is -1.20. The zero-order chi connectivity index (χ0) is 11.0. The molecule has 0 aromatic carbocycles. The minimum atomic E-state index is -0.389. The summed E-state index contributed by atoms with van der Waals surface area (Å²) in [6.45, 7) is 3.83. The molecule has 1 unspecified atom stereocenters. The fourth-order valence-electron chi connectivity index (χ4n) is 2.34. The van der Waals surface area contributed by atoms with Crippen LogP contribution in [0.2, 0.25) is 0 Å². The van der Waals surface area contributed by atoms with Crippen LogP contribution in [-0.2, 0) is 6.42 Å². The van der Waals surface area contributed by atoms with Crippen LogP contribution in [0.1, 0.15) is 23.8 Å². The number of aliphatic hydroxyl groups is 1. The van der Waals surface area contributed by atoms with Crippen molar-refractivity contribution in [1.29, 1.82) is 0 Å². The fourth-order valence-corrected chi connectivity index (χ4v) is 2.34. The monoisotopic (exact) mass is 220 g/mol. The van der Waals surface area contributed by atoms with Crippen LogP contribution in [0.25, 0.3) is 0 Å². The molecule has 16 heavy (non-hydrogen) atoms. The smallest absolute Gasteiger partial charge is 0.225 e. The largest absolute Gasteiger partial charge is 0.387 e. The first kappa shape index (κ1) is 9.99. The van der Waals surface area contributed by atoms with Crippen LogP contribution in [0.5, 0.6) is 0 Å². The number of hydrogen-bond donors (Lipinski definition) is 2. The lowest BCUT2D eigenvalue weighted by Gasteiger charge is -2.27. The first-order chi connectivity index (χ1) is 7.84. The standard InChI is InChI=1S/C11H16N4O/c16-9-2-1-8-7-13-11(14-10(8)9)15-5-3-12-4-6-15/h7,9,12,16H,1-6H2. The molecular weight excluding hydrogens is 204 g/mol. The number of fused-ring (bicyclic) bond motifs is 1. The van der Waals surface area contributed by atoms with Gasteiger partial charge in [0.2, 0.25) is 5.95 Å². The second kappa shape index (κ2) is 3.99. The molecule has 2 heterocycles. The minimum absolute atomic E-state index is 0.389. The van der Waals surface area contributed by atoms with Gasteiger partial charge in [-0.15, -0.1) is 0 Å². The van der Waals surface area contributed by atoms with Crippen molar-refractivity contribution < 1.29 is 5.11 Å². The van der Waals surface area contributed by atoms with Crippen LogP contribution in [-0.4, -0.2) is 41.3 Å². The summed E-state index contributed by atoms with van der Waals surface area (Å²) in [6.07, 6.45) is 3.17. The minimum Gasteiger partial charge on any atom is -0.387 e. The van der Waals surface area contributed by atoms with Crippen LogP contribution in [0, 0.1) is 0 Å². The van der Waals surface area contributed by atoms with Crippen molar-refractivity contribution in [3.05, 3.63) is 17.5 Å². The van der Waals surface area contributed by atoms with E-state index in [1.54, 1.807) is 0 Å². The number of aryl methyl sites for hydroxylation is 1. The molecule has 1 saturated heterocycles. The Morgan fingerprint density at radius 3 is 3.00 bits per heavy atom. The number of rotatable bonds is 1. The average Bonchev–Trinajstić information content (AvgIpc) is 2.72. The van der Waals surface area contributed by atoms with Gasteiger partial charge in [-0.1, -0.05) is 0 Å². The van der Waals surface area contributed by atoms with E-state index in [4.69, 9.17) is 0 Å². The third-order valence-electron chi connectivity index (χ3n) is 3.29. The molecule has 1 atom stereocenters. The van der Waals surface area contributed by atoms with E-state index in [0.717, 1.165) is 56.2 Å². The molecule has 1 aromatic heterocycles. The van der Waals surface area contributed by atoms with Crippen molar-refractivity contribution in [1.82, 2.24) is 15.3 Å². The van der Waals surface area contributed by atoms with Crippen molar-refractivity contribution >= 4 is 5.95 Å². The summed E-state index contributed by atoms with van der Waals surface area (Å²) in [4.78, 5) is 11.0. The summed E-state index contributed by atoms with van der Waals surface area (Å²) < 4.78 is 0. The van der Waals surface area contributed by atoms with Crippen molar-refractivity contribution in [2.75, 3.05) is 31.1 Å². The molecule has 0 radical (unpaired) electrons. The Labute approximate surface area is 94.5 Å². The molecule has 0 saturated carbocycles.